The maximum absolute atomic E-state index is 12.9. The number of halogens is 2. The van der Waals surface area contributed by atoms with Crippen molar-refractivity contribution in [2.75, 3.05) is 11.9 Å². The van der Waals surface area contributed by atoms with E-state index in [1.165, 1.54) is 10.9 Å². The lowest BCUT2D eigenvalue weighted by Crippen LogP contribution is -2.21. The summed E-state index contributed by atoms with van der Waals surface area (Å²) in [6.07, 6.45) is 0.921. The summed E-state index contributed by atoms with van der Waals surface area (Å²) in [6.45, 7) is 4.51. The molecule has 0 aliphatic carbocycles. The summed E-state index contributed by atoms with van der Waals surface area (Å²) >= 11 is 12.0. The van der Waals surface area contributed by atoms with Gasteiger partial charge in [0.05, 0.1) is 40.4 Å². The molecule has 146 valence electrons. The highest BCUT2D eigenvalue weighted by Gasteiger charge is 2.10. The second-order valence-corrected chi connectivity index (χ2v) is 7.59. The number of amides is 1. The first-order chi connectivity index (χ1) is 13.3. The van der Waals surface area contributed by atoms with Crippen LogP contribution in [0.2, 0.25) is 10.0 Å². The van der Waals surface area contributed by atoms with Crippen molar-refractivity contribution in [3.8, 4) is 0 Å². The van der Waals surface area contributed by atoms with Crippen molar-refractivity contribution >= 4 is 45.9 Å². The fourth-order valence-electron chi connectivity index (χ4n) is 2.58. The molecule has 0 spiro atoms. The lowest BCUT2D eigenvalue weighted by atomic mass is 10.2. The smallest absolute Gasteiger partial charge is 0.411 e. The zero-order valence-corrected chi connectivity index (χ0v) is 16.9. The van der Waals surface area contributed by atoms with E-state index in [-0.39, 0.29) is 11.5 Å². The highest BCUT2D eigenvalue weighted by atomic mass is 35.5. The quantitative estimate of drug-likeness (QED) is 0.634. The van der Waals surface area contributed by atoms with E-state index in [1.54, 1.807) is 36.4 Å². The van der Waals surface area contributed by atoms with E-state index in [0.29, 0.717) is 39.8 Å². The maximum atomic E-state index is 12.9. The summed E-state index contributed by atoms with van der Waals surface area (Å²) < 4.78 is 6.58. The SMILES string of the molecule is CC(C)COC(=O)Nc1ccc2ncn(Cc3ccc(Cl)c(Cl)c3)c(=O)c2c1. The minimum absolute atomic E-state index is 0.227. The van der Waals surface area contributed by atoms with Crippen LogP contribution in [0.3, 0.4) is 0 Å². The Kier molecular flexibility index (Phi) is 6.21. The molecule has 1 N–H and O–H groups in total. The number of ether oxygens (including phenoxy) is 1. The molecule has 8 heteroatoms. The Hall–Kier alpha value is -2.57. The molecule has 3 rings (SSSR count). The first kappa shape index (κ1) is 20.2. The molecule has 0 bridgehead atoms. The van der Waals surface area contributed by atoms with Crippen LogP contribution < -0.4 is 10.9 Å². The predicted molar refractivity (Wildman–Crippen MR) is 111 cm³/mol. The molecule has 1 aromatic heterocycles. The van der Waals surface area contributed by atoms with Gasteiger partial charge in [-0.15, -0.1) is 0 Å². The molecule has 0 atom stereocenters. The lowest BCUT2D eigenvalue weighted by Gasteiger charge is -2.10. The molecule has 0 aliphatic heterocycles. The van der Waals surface area contributed by atoms with Crippen LogP contribution in [0.1, 0.15) is 19.4 Å². The Morgan fingerprint density at radius 1 is 1.18 bits per heavy atom. The number of carbonyl (C=O) groups excluding carboxylic acids is 1. The standard InChI is InChI=1S/C20H19Cl2N3O3/c1-12(2)10-28-20(27)24-14-4-6-18-15(8-14)19(26)25(11-23-18)9-13-3-5-16(21)17(22)7-13/h3-8,11-12H,9-10H2,1-2H3,(H,24,27). The highest BCUT2D eigenvalue weighted by Crippen LogP contribution is 2.23. The molecule has 1 amide bonds. The number of anilines is 1. The van der Waals surface area contributed by atoms with Crippen LogP contribution in [0, 0.1) is 5.92 Å². The molecule has 2 aromatic carbocycles. The van der Waals surface area contributed by atoms with Crippen LogP contribution in [0.25, 0.3) is 10.9 Å². The van der Waals surface area contributed by atoms with Gasteiger partial charge in [0, 0.05) is 5.69 Å². The van der Waals surface area contributed by atoms with Gasteiger partial charge in [0.25, 0.3) is 5.56 Å². The molecule has 0 saturated carbocycles. The normalized spacial score (nSPS) is 11.0. The first-order valence-electron chi connectivity index (χ1n) is 8.70. The number of hydrogen-bond donors (Lipinski definition) is 1. The Morgan fingerprint density at radius 2 is 1.96 bits per heavy atom. The molecule has 0 aliphatic rings. The van der Waals surface area contributed by atoms with Crippen molar-refractivity contribution in [2.24, 2.45) is 5.92 Å². The minimum atomic E-state index is -0.562. The van der Waals surface area contributed by atoms with Gasteiger partial charge in [-0.3, -0.25) is 14.7 Å². The number of benzene rings is 2. The van der Waals surface area contributed by atoms with Crippen LogP contribution in [-0.4, -0.2) is 22.3 Å². The largest absolute Gasteiger partial charge is 0.449 e. The molecule has 1 heterocycles. The summed E-state index contributed by atoms with van der Waals surface area (Å²) in [5.74, 6) is 0.236. The third-order valence-electron chi connectivity index (χ3n) is 3.96. The summed E-state index contributed by atoms with van der Waals surface area (Å²) in [5, 5.41) is 3.90. The zero-order valence-electron chi connectivity index (χ0n) is 15.4. The summed E-state index contributed by atoms with van der Waals surface area (Å²) in [7, 11) is 0. The predicted octanol–water partition coefficient (Wildman–Crippen LogP) is 4.96. The minimum Gasteiger partial charge on any atom is -0.449 e. The Morgan fingerprint density at radius 3 is 2.68 bits per heavy atom. The monoisotopic (exact) mass is 419 g/mol. The fourth-order valence-corrected chi connectivity index (χ4v) is 2.90. The average Bonchev–Trinajstić information content (AvgIpc) is 2.65. The van der Waals surface area contributed by atoms with Crippen LogP contribution >= 0.6 is 23.2 Å². The van der Waals surface area contributed by atoms with Crippen LogP contribution in [0.15, 0.2) is 47.5 Å². The van der Waals surface area contributed by atoms with Gasteiger partial charge in [0.2, 0.25) is 0 Å². The van der Waals surface area contributed by atoms with Crippen LogP contribution in [0.4, 0.5) is 10.5 Å². The van der Waals surface area contributed by atoms with Gasteiger partial charge in [-0.05, 0) is 41.8 Å². The van der Waals surface area contributed by atoms with Crippen LogP contribution in [-0.2, 0) is 11.3 Å². The Balaban J connectivity index is 1.86. The molecular weight excluding hydrogens is 401 g/mol. The average molecular weight is 420 g/mol. The third kappa shape index (κ3) is 4.82. The number of aromatic nitrogens is 2. The van der Waals surface area contributed by atoms with E-state index >= 15 is 0 Å². The summed E-state index contributed by atoms with van der Waals surface area (Å²) in [6, 6.07) is 10.1. The Labute approximate surface area is 172 Å². The molecule has 6 nitrogen and oxygen atoms in total. The number of rotatable bonds is 5. The number of nitrogens with zero attached hydrogens (tertiary/aromatic N) is 2. The van der Waals surface area contributed by atoms with Crippen molar-refractivity contribution < 1.29 is 9.53 Å². The third-order valence-corrected chi connectivity index (χ3v) is 4.69. The fraction of sp³-hybridized carbons (Fsp3) is 0.250. The topological polar surface area (TPSA) is 73.2 Å². The summed E-state index contributed by atoms with van der Waals surface area (Å²) in [4.78, 5) is 29.0. The molecular formula is C20H19Cl2N3O3. The molecule has 0 fully saturated rings. The number of carbonyl (C=O) groups is 1. The molecule has 0 unspecified atom stereocenters. The molecule has 3 aromatic rings. The van der Waals surface area contributed by atoms with Crippen molar-refractivity contribution in [3.05, 3.63) is 68.7 Å². The van der Waals surface area contributed by atoms with Crippen molar-refractivity contribution in [3.63, 3.8) is 0 Å². The van der Waals surface area contributed by atoms with E-state index in [4.69, 9.17) is 27.9 Å². The highest BCUT2D eigenvalue weighted by molar-refractivity contribution is 6.42. The second kappa shape index (κ2) is 8.63. The second-order valence-electron chi connectivity index (χ2n) is 6.78. The number of nitrogens with one attached hydrogen (secondary N) is 1. The van der Waals surface area contributed by atoms with Gasteiger partial charge in [-0.1, -0.05) is 43.1 Å². The van der Waals surface area contributed by atoms with Gasteiger partial charge in [0.1, 0.15) is 0 Å². The molecule has 28 heavy (non-hydrogen) atoms. The lowest BCUT2D eigenvalue weighted by molar-refractivity contribution is 0.147. The van der Waals surface area contributed by atoms with Crippen molar-refractivity contribution in [1.82, 2.24) is 9.55 Å². The Bertz CT molecular complexity index is 1080. The molecule has 0 saturated heterocycles. The van der Waals surface area contributed by atoms with Crippen molar-refractivity contribution in [1.29, 1.82) is 0 Å². The first-order valence-corrected chi connectivity index (χ1v) is 9.46. The van der Waals surface area contributed by atoms with E-state index in [1.807, 2.05) is 13.8 Å². The van der Waals surface area contributed by atoms with Gasteiger partial charge < -0.3 is 4.74 Å². The van der Waals surface area contributed by atoms with E-state index in [9.17, 15) is 9.59 Å². The van der Waals surface area contributed by atoms with Gasteiger partial charge in [0.15, 0.2) is 0 Å². The molecule has 0 radical (unpaired) electrons. The van der Waals surface area contributed by atoms with Gasteiger partial charge >= 0.3 is 6.09 Å². The van der Waals surface area contributed by atoms with E-state index in [2.05, 4.69) is 10.3 Å². The number of fused-ring (bicyclic) bond motifs is 1. The van der Waals surface area contributed by atoms with E-state index in [0.717, 1.165) is 5.56 Å². The number of hydrogen-bond acceptors (Lipinski definition) is 4. The van der Waals surface area contributed by atoms with Crippen molar-refractivity contribution in [2.45, 2.75) is 20.4 Å². The maximum Gasteiger partial charge on any atom is 0.411 e. The van der Waals surface area contributed by atoms with Crippen LogP contribution in [0.5, 0.6) is 0 Å². The van der Waals surface area contributed by atoms with E-state index < -0.39 is 6.09 Å². The van der Waals surface area contributed by atoms with Gasteiger partial charge in [-0.25, -0.2) is 9.78 Å². The summed E-state index contributed by atoms with van der Waals surface area (Å²) in [5.41, 5.74) is 1.60. The zero-order chi connectivity index (χ0) is 20.3. The van der Waals surface area contributed by atoms with Gasteiger partial charge in [-0.2, -0.15) is 0 Å².